The van der Waals surface area contributed by atoms with E-state index in [0.717, 1.165) is 6.42 Å². The summed E-state index contributed by atoms with van der Waals surface area (Å²) in [6.45, 7) is 1.94. The van der Waals surface area contributed by atoms with Crippen molar-refractivity contribution < 1.29 is 14.6 Å². The van der Waals surface area contributed by atoms with Crippen molar-refractivity contribution in [3.05, 3.63) is 0 Å². The predicted octanol–water partition coefficient (Wildman–Crippen LogP) is 0.441. The van der Waals surface area contributed by atoms with E-state index in [1.54, 1.807) is 7.11 Å². The normalized spacial score (nSPS) is 27.9. The molecule has 1 rings (SSSR count). The van der Waals surface area contributed by atoms with Gasteiger partial charge >= 0.3 is 0 Å². The summed E-state index contributed by atoms with van der Waals surface area (Å²) >= 11 is 0. The molecular weight excluding hydrogens is 182 g/mol. The molecule has 4 nitrogen and oxygen atoms in total. The zero-order chi connectivity index (χ0) is 10.6. The summed E-state index contributed by atoms with van der Waals surface area (Å²) in [4.78, 5) is 11.3. The molecular formula is C10H19NO3. The standard InChI is InChI=1S/C10H19NO3/c1-7(14-2)3-4-10(13)11-8-5-9(12)6-8/h7-9,12H,3-6H2,1-2H3,(H,11,13). The van der Waals surface area contributed by atoms with Crippen LogP contribution in [-0.4, -0.2) is 36.4 Å². The van der Waals surface area contributed by atoms with Gasteiger partial charge in [-0.05, 0) is 26.2 Å². The first-order valence-corrected chi connectivity index (χ1v) is 5.12. The van der Waals surface area contributed by atoms with Crippen LogP contribution in [0.4, 0.5) is 0 Å². The molecule has 0 heterocycles. The molecule has 1 atom stereocenters. The summed E-state index contributed by atoms with van der Waals surface area (Å²) in [7, 11) is 1.64. The Hall–Kier alpha value is -0.610. The number of methoxy groups -OCH3 is 1. The van der Waals surface area contributed by atoms with Gasteiger partial charge in [0.15, 0.2) is 0 Å². The topological polar surface area (TPSA) is 58.6 Å². The Morgan fingerprint density at radius 2 is 2.29 bits per heavy atom. The number of carbonyl (C=O) groups is 1. The second kappa shape index (κ2) is 5.32. The van der Waals surface area contributed by atoms with Gasteiger partial charge in [0, 0.05) is 19.6 Å². The highest BCUT2D eigenvalue weighted by Gasteiger charge is 2.28. The lowest BCUT2D eigenvalue weighted by molar-refractivity contribution is -0.123. The fourth-order valence-corrected chi connectivity index (χ4v) is 1.46. The molecule has 2 N–H and O–H groups in total. The second-order valence-corrected chi connectivity index (χ2v) is 3.97. The molecule has 1 amide bonds. The average Bonchev–Trinajstić information content (AvgIpc) is 2.11. The number of hydrogen-bond acceptors (Lipinski definition) is 3. The number of carbonyl (C=O) groups excluding carboxylic acids is 1. The van der Waals surface area contributed by atoms with Gasteiger partial charge in [0.05, 0.1) is 12.2 Å². The van der Waals surface area contributed by atoms with E-state index in [1.807, 2.05) is 6.92 Å². The minimum absolute atomic E-state index is 0.0609. The first-order chi connectivity index (χ1) is 6.61. The SMILES string of the molecule is COC(C)CCC(=O)NC1CC(O)C1. The van der Waals surface area contributed by atoms with Crippen molar-refractivity contribution >= 4 is 5.91 Å². The Labute approximate surface area is 84.6 Å². The van der Waals surface area contributed by atoms with Crippen LogP contribution in [0.3, 0.4) is 0 Å². The van der Waals surface area contributed by atoms with E-state index in [0.29, 0.717) is 19.3 Å². The molecule has 0 saturated heterocycles. The Balaban J connectivity index is 2.04. The van der Waals surface area contributed by atoms with Crippen molar-refractivity contribution in [3.63, 3.8) is 0 Å². The number of rotatable bonds is 5. The quantitative estimate of drug-likeness (QED) is 0.678. The second-order valence-electron chi connectivity index (χ2n) is 3.97. The number of amides is 1. The van der Waals surface area contributed by atoms with Crippen LogP contribution in [-0.2, 0) is 9.53 Å². The van der Waals surface area contributed by atoms with Gasteiger partial charge in [-0.1, -0.05) is 0 Å². The van der Waals surface area contributed by atoms with Gasteiger partial charge in [0.25, 0.3) is 0 Å². The fraction of sp³-hybridized carbons (Fsp3) is 0.900. The average molecular weight is 201 g/mol. The molecule has 14 heavy (non-hydrogen) atoms. The Kier molecular flexibility index (Phi) is 4.35. The molecule has 1 aliphatic rings. The van der Waals surface area contributed by atoms with Crippen LogP contribution in [0.2, 0.25) is 0 Å². The maximum absolute atomic E-state index is 11.3. The number of ether oxygens (including phenoxy) is 1. The molecule has 0 aromatic carbocycles. The Morgan fingerprint density at radius 3 is 2.79 bits per heavy atom. The Morgan fingerprint density at radius 1 is 1.64 bits per heavy atom. The number of aliphatic hydroxyl groups is 1. The van der Waals surface area contributed by atoms with Gasteiger partial charge < -0.3 is 15.2 Å². The summed E-state index contributed by atoms with van der Waals surface area (Å²) in [5.74, 6) is 0.0609. The van der Waals surface area contributed by atoms with E-state index in [-0.39, 0.29) is 24.2 Å². The predicted molar refractivity (Wildman–Crippen MR) is 52.9 cm³/mol. The monoisotopic (exact) mass is 201 g/mol. The molecule has 0 aromatic heterocycles. The minimum Gasteiger partial charge on any atom is -0.393 e. The molecule has 0 aromatic rings. The molecule has 1 saturated carbocycles. The van der Waals surface area contributed by atoms with E-state index >= 15 is 0 Å². The summed E-state index contributed by atoms with van der Waals surface area (Å²) in [5.41, 5.74) is 0. The van der Waals surface area contributed by atoms with Crippen LogP contribution in [0.15, 0.2) is 0 Å². The molecule has 0 bridgehead atoms. The van der Waals surface area contributed by atoms with Crippen LogP contribution in [0, 0.1) is 0 Å². The van der Waals surface area contributed by atoms with Gasteiger partial charge in [-0.2, -0.15) is 0 Å². The van der Waals surface area contributed by atoms with E-state index in [4.69, 9.17) is 9.84 Å². The highest BCUT2D eigenvalue weighted by atomic mass is 16.5. The molecule has 82 valence electrons. The van der Waals surface area contributed by atoms with Crippen molar-refractivity contribution in [2.24, 2.45) is 0 Å². The maximum atomic E-state index is 11.3. The number of aliphatic hydroxyl groups excluding tert-OH is 1. The maximum Gasteiger partial charge on any atom is 0.220 e. The van der Waals surface area contributed by atoms with E-state index in [9.17, 15) is 4.79 Å². The molecule has 1 aliphatic carbocycles. The smallest absolute Gasteiger partial charge is 0.220 e. The van der Waals surface area contributed by atoms with Gasteiger partial charge in [-0.15, -0.1) is 0 Å². The van der Waals surface area contributed by atoms with Crippen molar-refractivity contribution in [1.82, 2.24) is 5.32 Å². The van der Waals surface area contributed by atoms with Crippen LogP contribution < -0.4 is 5.32 Å². The van der Waals surface area contributed by atoms with E-state index in [1.165, 1.54) is 0 Å². The fourth-order valence-electron chi connectivity index (χ4n) is 1.46. The molecule has 1 fully saturated rings. The largest absolute Gasteiger partial charge is 0.393 e. The Bertz CT molecular complexity index is 190. The molecule has 0 aliphatic heterocycles. The van der Waals surface area contributed by atoms with Gasteiger partial charge in [0.1, 0.15) is 0 Å². The van der Waals surface area contributed by atoms with Crippen molar-refractivity contribution in [2.45, 2.75) is 50.9 Å². The van der Waals surface area contributed by atoms with Crippen LogP contribution in [0.25, 0.3) is 0 Å². The molecule has 0 spiro atoms. The first-order valence-electron chi connectivity index (χ1n) is 5.12. The van der Waals surface area contributed by atoms with Crippen LogP contribution in [0.5, 0.6) is 0 Å². The third-order valence-electron chi connectivity index (χ3n) is 2.66. The van der Waals surface area contributed by atoms with E-state index < -0.39 is 0 Å². The highest BCUT2D eigenvalue weighted by Crippen LogP contribution is 2.19. The summed E-state index contributed by atoms with van der Waals surface area (Å²) in [6, 6.07) is 0.190. The molecule has 1 unspecified atom stereocenters. The van der Waals surface area contributed by atoms with Crippen molar-refractivity contribution in [3.8, 4) is 0 Å². The zero-order valence-corrected chi connectivity index (χ0v) is 8.82. The van der Waals surface area contributed by atoms with Gasteiger partial charge in [-0.25, -0.2) is 0 Å². The van der Waals surface area contributed by atoms with Gasteiger partial charge in [0.2, 0.25) is 5.91 Å². The van der Waals surface area contributed by atoms with E-state index in [2.05, 4.69) is 5.32 Å². The third kappa shape index (κ3) is 3.64. The molecule has 4 heteroatoms. The lowest BCUT2D eigenvalue weighted by atomic mass is 9.89. The first kappa shape index (κ1) is 11.5. The number of nitrogens with one attached hydrogen (secondary N) is 1. The van der Waals surface area contributed by atoms with Crippen molar-refractivity contribution in [2.75, 3.05) is 7.11 Å². The minimum atomic E-state index is -0.210. The lowest BCUT2D eigenvalue weighted by Gasteiger charge is -2.32. The van der Waals surface area contributed by atoms with Gasteiger partial charge in [-0.3, -0.25) is 4.79 Å². The lowest BCUT2D eigenvalue weighted by Crippen LogP contribution is -2.46. The third-order valence-corrected chi connectivity index (χ3v) is 2.66. The van der Waals surface area contributed by atoms with Crippen LogP contribution in [0.1, 0.15) is 32.6 Å². The highest BCUT2D eigenvalue weighted by molar-refractivity contribution is 5.76. The zero-order valence-electron chi connectivity index (χ0n) is 8.82. The molecule has 0 radical (unpaired) electrons. The van der Waals surface area contributed by atoms with Crippen molar-refractivity contribution in [1.29, 1.82) is 0 Å². The van der Waals surface area contributed by atoms with Crippen LogP contribution >= 0.6 is 0 Å². The summed E-state index contributed by atoms with van der Waals surface area (Å²) < 4.78 is 5.04. The summed E-state index contributed by atoms with van der Waals surface area (Å²) in [6.07, 6.45) is 2.57. The summed E-state index contributed by atoms with van der Waals surface area (Å²) in [5, 5.41) is 11.9. The number of hydrogen-bond donors (Lipinski definition) is 2.